The molecule has 1 aliphatic rings. The number of hydrogen-bond donors (Lipinski definition) is 3. The second-order valence-electron chi connectivity index (χ2n) is 6.62. The fraction of sp³-hybridized carbons (Fsp3) is 0.211. The lowest BCUT2D eigenvalue weighted by atomic mass is 10.1. The van der Waals surface area contributed by atoms with E-state index in [1.807, 2.05) is 0 Å². The Hall–Kier alpha value is -2.42. The van der Waals surface area contributed by atoms with Crippen molar-refractivity contribution in [2.75, 3.05) is 16.0 Å². The Morgan fingerprint density at radius 2 is 1.73 bits per heavy atom. The molecule has 3 rings (SSSR count). The van der Waals surface area contributed by atoms with Crippen LogP contribution in [0.1, 0.15) is 23.7 Å². The summed E-state index contributed by atoms with van der Waals surface area (Å²) in [5.41, 5.74) is -0.985. The first-order valence-corrected chi connectivity index (χ1v) is 9.68. The standard InChI is InChI=1S/C19H14Cl3F2N3O3/c1-8(28)25-14-5-4-13(23)16(15(14)24)27-17(29)10-6-9(2-3-12(10)20)26-18(30)11-7-19(11,21)22/h2-6,11H,7H2,1H3,(H,25,28)(H,26,30)(H,27,29)/t11-/m1/s1. The predicted molar refractivity (Wildman–Crippen MR) is 111 cm³/mol. The van der Waals surface area contributed by atoms with Gasteiger partial charge >= 0.3 is 0 Å². The Balaban J connectivity index is 1.82. The summed E-state index contributed by atoms with van der Waals surface area (Å²) >= 11 is 17.8. The van der Waals surface area contributed by atoms with E-state index >= 15 is 0 Å². The number of hydrogen-bond acceptors (Lipinski definition) is 3. The normalized spacial score (nSPS) is 16.5. The molecule has 0 bridgehead atoms. The van der Waals surface area contributed by atoms with Gasteiger partial charge in [0.15, 0.2) is 5.82 Å². The second kappa shape index (κ2) is 8.37. The van der Waals surface area contributed by atoms with Crippen LogP contribution in [0.15, 0.2) is 30.3 Å². The van der Waals surface area contributed by atoms with Crippen molar-refractivity contribution in [1.82, 2.24) is 0 Å². The van der Waals surface area contributed by atoms with E-state index in [4.69, 9.17) is 34.8 Å². The van der Waals surface area contributed by atoms with Crippen molar-refractivity contribution >= 4 is 69.6 Å². The van der Waals surface area contributed by atoms with Gasteiger partial charge in [-0.15, -0.1) is 23.2 Å². The van der Waals surface area contributed by atoms with E-state index in [1.54, 1.807) is 0 Å². The summed E-state index contributed by atoms with van der Waals surface area (Å²) in [6.45, 7) is 1.15. The third-order valence-corrected chi connectivity index (χ3v) is 5.43. The molecule has 2 aromatic carbocycles. The van der Waals surface area contributed by atoms with Crippen LogP contribution in [0.4, 0.5) is 25.8 Å². The number of anilines is 3. The molecule has 0 radical (unpaired) electrons. The molecule has 1 fully saturated rings. The first-order chi connectivity index (χ1) is 14.0. The number of halogens is 5. The number of benzene rings is 2. The second-order valence-corrected chi connectivity index (χ2v) is 8.57. The minimum Gasteiger partial charge on any atom is -0.326 e. The summed E-state index contributed by atoms with van der Waals surface area (Å²) in [4.78, 5) is 35.8. The minimum atomic E-state index is -1.16. The van der Waals surface area contributed by atoms with Gasteiger partial charge in [-0.05, 0) is 36.8 Å². The molecule has 0 spiro atoms. The SMILES string of the molecule is CC(=O)Nc1ccc(F)c(NC(=O)c2cc(NC(=O)[C@H]3CC3(Cl)Cl)ccc2Cl)c1F. The van der Waals surface area contributed by atoms with E-state index in [0.29, 0.717) is 6.42 Å². The molecule has 0 heterocycles. The third kappa shape index (κ3) is 4.83. The van der Waals surface area contributed by atoms with Gasteiger partial charge in [-0.3, -0.25) is 14.4 Å². The third-order valence-electron chi connectivity index (χ3n) is 4.26. The highest BCUT2D eigenvalue weighted by molar-refractivity contribution is 6.52. The first-order valence-electron chi connectivity index (χ1n) is 8.55. The number of rotatable bonds is 5. The van der Waals surface area contributed by atoms with E-state index in [0.717, 1.165) is 19.1 Å². The fourth-order valence-electron chi connectivity index (χ4n) is 2.64. The van der Waals surface area contributed by atoms with E-state index in [2.05, 4.69) is 16.0 Å². The molecule has 11 heteroatoms. The van der Waals surface area contributed by atoms with Gasteiger partial charge in [-0.25, -0.2) is 8.78 Å². The van der Waals surface area contributed by atoms with Gasteiger partial charge in [0.05, 0.1) is 22.2 Å². The van der Waals surface area contributed by atoms with Crippen molar-refractivity contribution in [1.29, 1.82) is 0 Å². The summed E-state index contributed by atoms with van der Waals surface area (Å²) in [5, 5.41) is 6.83. The molecule has 0 saturated heterocycles. The molecule has 6 nitrogen and oxygen atoms in total. The van der Waals surface area contributed by atoms with E-state index in [1.165, 1.54) is 18.2 Å². The van der Waals surface area contributed by atoms with Crippen LogP contribution in [0, 0.1) is 17.6 Å². The first kappa shape index (κ1) is 22.3. The quantitative estimate of drug-likeness (QED) is 0.533. The predicted octanol–water partition coefficient (Wildman–Crippen LogP) is 4.96. The summed E-state index contributed by atoms with van der Waals surface area (Å²) in [7, 11) is 0. The zero-order valence-corrected chi connectivity index (χ0v) is 17.6. The lowest BCUT2D eigenvalue weighted by Gasteiger charge is -2.13. The number of alkyl halides is 2. The Kier molecular flexibility index (Phi) is 6.21. The Morgan fingerprint density at radius 1 is 1.07 bits per heavy atom. The number of amides is 3. The van der Waals surface area contributed by atoms with Crippen LogP contribution in [-0.4, -0.2) is 22.1 Å². The highest BCUT2D eigenvalue weighted by atomic mass is 35.5. The van der Waals surface area contributed by atoms with Crippen molar-refractivity contribution in [3.63, 3.8) is 0 Å². The highest BCUT2D eigenvalue weighted by Gasteiger charge is 2.56. The summed E-state index contributed by atoms with van der Waals surface area (Å²) in [6.07, 6.45) is 0.298. The molecular weight excluding hydrogens is 463 g/mol. The van der Waals surface area contributed by atoms with Crippen molar-refractivity contribution in [3.8, 4) is 0 Å². The molecule has 0 aromatic heterocycles. The van der Waals surface area contributed by atoms with Crippen LogP contribution in [0.2, 0.25) is 5.02 Å². The average Bonchev–Trinajstić information content (AvgIpc) is 3.30. The van der Waals surface area contributed by atoms with Crippen LogP contribution in [-0.2, 0) is 9.59 Å². The molecule has 1 atom stereocenters. The van der Waals surface area contributed by atoms with Gasteiger partial charge in [0.2, 0.25) is 11.8 Å². The van der Waals surface area contributed by atoms with Gasteiger partial charge in [0.25, 0.3) is 5.91 Å². The van der Waals surface area contributed by atoms with Crippen LogP contribution in [0.5, 0.6) is 0 Å². The average molecular weight is 477 g/mol. The van der Waals surface area contributed by atoms with Gasteiger partial charge < -0.3 is 16.0 Å². The van der Waals surface area contributed by atoms with E-state index < -0.39 is 45.3 Å². The van der Waals surface area contributed by atoms with Crippen LogP contribution in [0.25, 0.3) is 0 Å². The van der Waals surface area contributed by atoms with E-state index in [-0.39, 0.29) is 22.0 Å². The van der Waals surface area contributed by atoms with Gasteiger partial charge in [-0.1, -0.05) is 11.6 Å². The van der Waals surface area contributed by atoms with E-state index in [9.17, 15) is 23.2 Å². The summed E-state index contributed by atoms with van der Waals surface area (Å²) in [5.74, 6) is -4.73. The highest BCUT2D eigenvalue weighted by Crippen LogP contribution is 2.53. The van der Waals surface area contributed by atoms with Crippen molar-refractivity contribution < 1.29 is 23.2 Å². The topological polar surface area (TPSA) is 87.3 Å². The number of carbonyl (C=O) groups is 3. The summed E-state index contributed by atoms with van der Waals surface area (Å²) in [6, 6.07) is 5.95. The molecular formula is C19H14Cl3F2N3O3. The molecule has 1 aliphatic carbocycles. The van der Waals surface area contributed by atoms with Crippen molar-refractivity contribution in [2.45, 2.75) is 17.7 Å². The van der Waals surface area contributed by atoms with Gasteiger partial charge in [0, 0.05) is 12.6 Å². The molecule has 0 aliphatic heterocycles. The van der Waals surface area contributed by atoms with Crippen molar-refractivity contribution in [2.24, 2.45) is 5.92 Å². The zero-order chi connectivity index (χ0) is 22.2. The minimum absolute atomic E-state index is 0.0141. The monoisotopic (exact) mass is 475 g/mol. The molecule has 1 saturated carbocycles. The molecule has 0 unspecified atom stereocenters. The van der Waals surface area contributed by atoms with Crippen LogP contribution < -0.4 is 16.0 Å². The summed E-state index contributed by atoms with van der Waals surface area (Å²) < 4.78 is 27.5. The maximum atomic E-state index is 14.5. The Labute approximate surface area is 184 Å². The Bertz CT molecular complexity index is 1060. The maximum Gasteiger partial charge on any atom is 0.257 e. The number of carbonyl (C=O) groups excluding carboxylic acids is 3. The molecule has 3 amide bonds. The lowest BCUT2D eigenvalue weighted by Crippen LogP contribution is -2.19. The lowest BCUT2D eigenvalue weighted by molar-refractivity contribution is -0.117. The van der Waals surface area contributed by atoms with Crippen molar-refractivity contribution in [3.05, 3.63) is 52.6 Å². The fourth-order valence-corrected chi connectivity index (χ4v) is 3.35. The smallest absolute Gasteiger partial charge is 0.257 e. The largest absolute Gasteiger partial charge is 0.326 e. The maximum absolute atomic E-state index is 14.5. The molecule has 30 heavy (non-hydrogen) atoms. The Morgan fingerprint density at radius 3 is 2.33 bits per heavy atom. The van der Waals surface area contributed by atoms with Gasteiger partial charge in [0.1, 0.15) is 15.8 Å². The number of nitrogens with one attached hydrogen (secondary N) is 3. The molecule has 158 valence electrons. The van der Waals surface area contributed by atoms with Crippen LogP contribution in [0.3, 0.4) is 0 Å². The van der Waals surface area contributed by atoms with Crippen LogP contribution >= 0.6 is 34.8 Å². The molecule has 2 aromatic rings. The zero-order valence-electron chi connectivity index (χ0n) is 15.3. The van der Waals surface area contributed by atoms with Gasteiger partial charge in [-0.2, -0.15) is 0 Å². The molecule has 3 N–H and O–H groups in total.